The summed E-state index contributed by atoms with van der Waals surface area (Å²) in [6.45, 7) is 0.626. The minimum absolute atomic E-state index is 0.152. The molecule has 2 nitrogen and oxygen atoms in total. The van der Waals surface area contributed by atoms with E-state index in [1.807, 2.05) is 0 Å². The van der Waals surface area contributed by atoms with E-state index in [1.54, 1.807) is 12.1 Å². The van der Waals surface area contributed by atoms with Gasteiger partial charge in [-0.1, -0.05) is 17.7 Å². The molecule has 3 N–H and O–H groups in total. The van der Waals surface area contributed by atoms with Crippen LogP contribution in [0.2, 0.25) is 5.02 Å². The van der Waals surface area contributed by atoms with Crippen molar-refractivity contribution in [1.29, 1.82) is 0 Å². The van der Waals surface area contributed by atoms with Crippen LogP contribution in [-0.4, -0.2) is 6.54 Å². The van der Waals surface area contributed by atoms with Crippen LogP contribution in [0.25, 0.3) is 0 Å². The van der Waals surface area contributed by atoms with E-state index in [4.69, 9.17) is 17.4 Å². The normalized spacial score (nSPS) is 10.2. The second-order valence-corrected chi connectivity index (χ2v) is 2.86. The highest BCUT2D eigenvalue weighted by molar-refractivity contribution is 6.30. The summed E-state index contributed by atoms with van der Waals surface area (Å²) in [5, 5.41) is 0.152. The fraction of sp³-hybridized carbons (Fsp3) is 0.250. The van der Waals surface area contributed by atoms with Crippen molar-refractivity contribution in [2.75, 3.05) is 6.54 Å². The van der Waals surface area contributed by atoms with Crippen molar-refractivity contribution < 1.29 is 4.39 Å². The Bertz CT molecular complexity index is 265. The number of hydrogen-bond acceptors (Lipinski definition) is 2. The quantitative estimate of drug-likeness (QED) is 0.557. The van der Waals surface area contributed by atoms with Gasteiger partial charge in [0, 0.05) is 6.54 Å². The predicted octanol–water partition coefficient (Wildman–Crippen LogP) is 1.48. The van der Waals surface area contributed by atoms with E-state index < -0.39 is 0 Å². The molecule has 0 atom stereocenters. The van der Waals surface area contributed by atoms with Crippen molar-refractivity contribution in [3.05, 3.63) is 34.6 Å². The van der Waals surface area contributed by atoms with Gasteiger partial charge in [0.1, 0.15) is 5.82 Å². The largest absolute Gasteiger partial charge is 0.271 e. The molecule has 0 unspecified atom stereocenters. The summed E-state index contributed by atoms with van der Waals surface area (Å²) in [7, 11) is 0. The Balaban J connectivity index is 2.69. The molecule has 0 aliphatic rings. The van der Waals surface area contributed by atoms with E-state index in [-0.39, 0.29) is 10.8 Å². The Morgan fingerprint density at radius 3 is 2.83 bits per heavy atom. The Labute approximate surface area is 75.5 Å². The number of nitrogens with one attached hydrogen (secondary N) is 1. The highest BCUT2D eigenvalue weighted by Gasteiger charge is 1.99. The summed E-state index contributed by atoms with van der Waals surface area (Å²) in [5.74, 6) is 4.69. The van der Waals surface area contributed by atoms with Crippen LogP contribution in [0.15, 0.2) is 18.2 Å². The molecule has 0 fully saturated rings. The summed E-state index contributed by atoms with van der Waals surface area (Å²) in [4.78, 5) is 0. The minimum atomic E-state index is -0.383. The first-order chi connectivity index (χ1) is 5.74. The molecule has 0 spiro atoms. The van der Waals surface area contributed by atoms with Crippen LogP contribution in [-0.2, 0) is 6.42 Å². The van der Waals surface area contributed by atoms with Crippen LogP contribution in [0, 0.1) is 5.82 Å². The summed E-state index contributed by atoms with van der Waals surface area (Å²) in [6, 6.07) is 4.74. The molecule has 12 heavy (non-hydrogen) atoms. The molecule has 0 saturated carbocycles. The average Bonchev–Trinajstić information content (AvgIpc) is 2.07. The van der Waals surface area contributed by atoms with Crippen molar-refractivity contribution in [3.8, 4) is 0 Å². The van der Waals surface area contributed by atoms with Gasteiger partial charge in [0.25, 0.3) is 0 Å². The number of nitrogens with two attached hydrogens (primary N) is 1. The van der Waals surface area contributed by atoms with Crippen LogP contribution in [0.4, 0.5) is 4.39 Å². The number of rotatable bonds is 3. The monoisotopic (exact) mass is 188 g/mol. The number of benzene rings is 1. The van der Waals surface area contributed by atoms with Crippen LogP contribution >= 0.6 is 11.6 Å². The fourth-order valence-electron chi connectivity index (χ4n) is 0.912. The third kappa shape index (κ3) is 2.44. The van der Waals surface area contributed by atoms with Crippen LogP contribution in [0.5, 0.6) is 0 Å². The summed E-state index contributed by atoms with van der Waals surface area (Å²) in [5.41, 5.74) is 3.38. The van der Waals surface area contributed by atoms with Crippen LogP contribution in [0.3, 0.4) is 0 Å². The molecule has 0 aliphatic carbocycles. The van der Waals surface area contributed by atoms with Gasteiger partial charge in [-0.15, -0.1) is 0 Å². The van der Waals surface area contributed by atoms with Gasteiger partial charge < -0.3 is 0 Å². The van der Waals surface area contributed by atoms with Gasteiger partial charge >= 0.3 is 0 Å². The van der Waals surface area contributed by atoms with Crippen molar-refractivity contribution >= 4 is 11.6 Å². The fourth-order valence-corrected chi connectivity index (χ4v) is 1.03. The zero-order valence-electron chi connectivity index (χ0n) is 6.48. The second-order valence-electron chi connectivity index (χ2n) is 2.45. The van der Waals surface area contributed by atoms with Gasteiger partial charge in [0.2, 0.25) is 0 Å². The van der Waals surface area contributed by atoms with Gasteiger partial charge in [0.05, 0.1) is 5.02 Å². The topological polar surface area (TPSA) is 38.0 Å². The highest BCUT2D eigenvalue weighted by Crippen LogP contribution is 2.15. The molecule has 0 saturated heterocycles. The highest BCUT2D eigenvalue weighted by atomic mass is 35.5. The van der Waals surface area contributed by atoms with Crippen LogP contribution < -0.4 is 11.3 Å². The standard InChI is InChI=1S/C8H10ClFN2/c9-7-2-1-6(3-4-12-11)5-8(7)10/h1-2,5,12H,3-4,11H2. The SMILES string of the molecule is NNCCc1ccc(Cl)c(F)c1. The molecular weight excluding hydrogens is 179 g/mol. The maximum Gasteiger partial charge on any atom is 0.142 e. The zero-order valence-corrected chi connectivity index (χ0v) is 7.24. The van der Waals surface area contributed by atoms with E-state index in [9.17, 15) is 4.39 Å². The molecule has 1 aromatic carbocycles. The van der Waals surface area contributed by atoms with Crippen molar-refractivity contribution in [3.63, 3.8) is 0 Å². The lowest BCUT2D eigenvalue weighted by molar-refractivity contribution is 0.624. The first-order valence-corrected chi connectivity index (χ1v) is 3.99. The summed E-state index contributed by atoms with van der Waals surface area (Å²) >= 11 is 5.50. The third-order valence-electron chi connectivity index (χ3n) is 1.54. The molecule has 0 radical (unpaired) electrons. The van der Waals surface area contributed by atoms with E-state index >= 15 is 0 Å². The average molecular weight is 189 g/mol. The Morgan fingerprint density at radius 1 is 1.50 bits per heavy atom. The molecular formula is C8H10ClFN2. The number of hydrogen-bond donors (Lipinski definition) is 2. The summed E-state index contributed by atoms with van der Waals surface area (Å²) in [6.07, 6.45) is 0.699. The van der Waals surface area contributed by atoms with Crippen molar-refractivity contribution in [2.45, 2.75) is 6.42 Å². The van der Waals surface area contributed by atoms with E-state index in [1.165, 1.54) is 6.07 Å². The van der Waals surface area contributed by atoms with Gasteiger partial charge in [0.15, 0.2) is 0 Å². The second kappa shape index (κ2) is 4.40. The maximum absolute atomic E-state index is 12.8. The molecule has 0 aliphatic heterocycles. The van der Waals surface area contributed by atoms with Crippen LogP contribution in [0.1, 0.15) is 5.56 Å². The lowest BCUT2D eigenvalue weighted by Crippen LogP contribution is -2.24. The van der Waals surface area contributed by atoms with Crippen molar-refractivity contribution in [1.82, 2.24) is 5.43 Å². The first-order valence-electron chi connectivity index (χ1n) is 3.61. The summed E-state index contributed by atoms with van der Waals surface area (Å²) < 4.78 is 12.8. The molecule has 0 bridgehead atoms. The van der Waals surface area contributed by atoms with Gasteiger partial charge in [-0.05, 0) is 24.1 Å². The molecule has 0 heterocycles. The van der Waals surface area contributed by atoms with Gasteiger partial charge in [-0.3, -0.25) is 11.3 Å². The lowest BCUT2D eigenvalue weighted by Gasteiger charge is -2.01. The number of halogens is 2. The molecule has 1 rings (SSSR count). The van der Waals surface area contributed by atoms with Crippen molar-refractivity contribution in [2.24, 2.45) is 5.84 Å². The molecule has 1 aromatic rings. The Kier molecular flexibility index (Phi) is 3.47. The lowest BCUT2D eigenvalue weighted by atomic mass is 10.1. The minimum Gasteiger partial charge on any atom is -0.271 e. The number of hydrazine groups is 1. The zero-order chi connectivity index (χ0) is 8.97. The molecule has 0 aromatic heterocycles. The molecule has 66 valence electrons. The van der Waals surface area contributed by atoms with E-state index in [0.717, 1.165) is 5.56 Å². The van der Waals surface area contributed by atoms with E-state index in [0.29, 0.717) is 13.0 Å². The predicted molar refractivity (Wildman–Crippen MR) is 47.3 cm³/mol. The third-order valence-corrected chi connectivity index (χ3v) is 1.85. The Hall–Kier alpha value is -0.640. The Morgan fingerprint density at radius 2 is 2.25 bits per heavy atom. The van der Waals surface area contributed by atoms with E-state index in [2.05, 4.69) is 5.43 Å². The van der Waals surface area contributed by atoms with Gasteiger partial charge in [-0.25, -0.2) is 4.39 Å². The van der Waals surface area contributed by atoms with Gasteiger partial charge in [-0.2, -0.15) is 0 Å². The first kappa shape index (κ1) is 9.45. The molecule has 4 heteroatoms. The smallest absolute Gasteiger partial charge is 0.142 e. The molecule has 0 amide bonds. The maximum atomic E-state index is 12.8.